The average Bonchev–Trinajstić information content (AvgIpc) is 2.15. The highest BCUT2D eigenvalue weighted by Gasteiger charge is 2.10. The van der Waals surface area contributed by atoms with Crippen molar-refractivity contribution in [1.82, 2.24) is 0 Å². The van der Waals surface area contributed by atoms with Gasteiger partial charge in [-0.3, -0.25) is 10.1 Å². The molecule has 1 aromatic rings. The van der Waals surface area contributed by atoms with E-state index in [1.807, 2.05) is 0 Å². The van der Waals surface area contributed by atoms with E-state index in [9.17, 15) is 10.1 Å². The van der Waals surface area contributed by atoms with Crippen molar-refractivity contribution in [2.45, 2.75) is 6.92 Å². The summed E-state index contributed by atoms with van der Waals surface area (Å²) in [6.45, 7) is 1.78. The van der Waals surface area contributed by atoms with E-state index < -0.39 is 4.92 Å². The number of aryl methyl sites for hydroxylation is 1. The van der Waals surface area contributed by atoms with Crippen molar-refractivity contribution in [3.63, 3.8) is 0 Å². The molecule has 0 aliphatic carbocycles. The molecule has 1 aromatic carbocycles. The van der Waals surface area contributed by atoms with Gasteiger partial charge >= 0.3 is 0 Å². The molecule has 0 saturated carbocycles. The maximum Gasteiger partial charge on any atom is 0.276 e. The zero-order chi connectivity index (χ0) is 10.6. The van der Waals surface area contributed by atoms with Gasteiger partial charge < -0.3 is 0 Å². The van der Waals surface area contributed by atoms with Crippen LogP contribution in [0.1, 0.15) is 11.1 Å². The first-order chi connectivity index (χ1) is 6.65. The summed E-state index contributed by atoms with van der Waals surface area (Å²) < 4.78 is 0. The molecule has 0 aliphatic rings. The number of nitrogens with zero attached hydrogens (tertiary/aromatic N) is 2. The van der Waals surface area contributed by atoms with Crippen molar-refractivity contribution in [1.29, 1.82) is 5.26 Å². The molecule has 4 nitrogen and oxygen atoms in total. The van der Waals surface area contributed by atoms with E-state index >= 15 is 0 Å². The van der Waals surface area contributed by atoms with Gasteiger partial charge in [-0.15, -0.1) is 0 Å². The van der Waals surface area contributed by atoms with E-state index in [0.29, 0.717) is 5.56 Å². The molecule has 0 radical (unpaired) electrons. The summed E-state index contributed by atoms with van der Waals surface area (Å²) in [5, 5.41) is 18.9. The summed E-state index contributed by atoms with van der Waals surface area (Å²) in [6.07, 6.45) is 2.65. The second kappa shape index (κ2) is 4.19. The SMILES string of the molecule is Cc1ccc(/C=C\C#N)c([N+](=O)[O-])c1. The Morgan fingerprint density at radius 3 is 2.86 bits per heavy atom. The minimum absolute atomic E-state index is 0.0245. The Morgan fingerprint density at radius 1 is 1.57 bits per heavy atom. The monoisotopic (exact) mass is 188 g/mol. The first-order valence-corrected chi connectivity index (χ1v) is 3.96. The van der Waals surface area contributed by atoms with Gasteiger partial charge in [0.1, 0.15) is 0 Å². The van der Waals surface area contributed by atoms with E-state index in [1.165, 1.54) is 18.2 Å². The van der Waals surface area contributed by atoms with Crippen molar-refractivity contribution < 1.29 is 4.92 Å². The molecule has 0 heterocycles. The Bertz CT molecular complexity index is 430. The second-order valence-electron chi connectivity index (χ2n) is 2.78. The van der Waals surface area contributed by atoms with Gasteiger partial charge in [-0.05, 0) is 24.6 Å². The molecule has 0 unspecified atom stereocenters. The van der Waals surface area contributed by atoms with Crippen LogP contribution in [0.4, 0.5) is 5.69 Å². The molecule has 0 fully saturated rings. The normalized spacial score (nSPS) is 10.0. The van der Waals surface area contributed by atoms with Crippen LogP contribution in [0, 0.1) is 28.4 Å². The van der Waals surface area contributed by atoms with Gasteiger partial charge in [-0.25, -0.2) is 0 Å². The summed E-state index contributed by atoms with van der Waals surface area (Å²) in [4.78, 5) is 10.2. The Labute approximate surface area is 81.2 Å². The average molecular weight is 188 g/mol. The number of rotatable bonds is 2. The minimum atomic E-state index is -0.454. The fourth-order valence-corrected chi connectivity index (χ4v) is 1.08. The number of nitro benzene ring substituents is 1. The quantitative estimate of drug-likeness (QED) is 0.406. The third kappa shape index (κ3) is 2.17. The van der Waals surface area contributed by atoms with Gasteiger partial charge in [0.05, 0.1) is 16.6 Å². The Balaban J connectivity index is 3.23. The zero-order valence-corrected chi connectivity index (χ0v) is 7.60. The van der Waals surface area contributed by atoms with E-state index in [-0.39, 0.29) is 5.69 Å². The third-order valence-electron chi connectivity index (χ3n) is 1.72. The largest absolute Gasteiger partial charge is 0.276 e. The fourth-order valence-electron chi connectivity index (χ4n) is 1.08. The molecule has 14 heavy (non-hydrogen) atoms. The molecule has 0 amide bonds. The number of hydrogen-bond donors (Lipinski definition) is 0. The van der Waals surface area contributed by atoms with E-state index in [4.69, 9.17) is 5.26 Å². The van der Waals surface area contributed by atoms with Gasteiger partial charge in [0.15, 0.2) is 0 Å². The van der Waals surface area contributed by atoms with Gasteiger partial charge in [0.2, 0.25) is 0 Å². The second-order valence-corrected chi connectivity index (χ2v) is 2.78. The Hall–Kier alpha value is -2.15. The molecule has 0 N–H and O–H groups in total. The molecule has 4 heteroatoms. The number of benzene rings is 1. The molecule has 1 rings (SSSR count). The van der Waals surface area contributed by atoms with Crippen LogP contribution in [0.2, 0.25) is 0 Å². The number of allylic oxidation sites excluding steroid dienone is 1. The van der Waals surface area contributed by atoms with Crippen molar-refractivity contribution >= 4 is 11.8 Å². The van der Waals surface area contributed by atoms with Gasteiger partial charge in [-0.1, -0.05) is 6.07 Å². The molecular formula is C10H8N2O2. The van der Waals surface area contributed by atoms with Crippen LogP contribution in [0.3, 0.4) is 0 Å². The third-order valence-corrected chi connectivity index (χ3v) is 1.72. The van der Waals surface area contributed by atoms with Crippen molar-refractivity contribution in [2.24, 2.45) is 0 Å². The lowest BCUT2D eigenvalue weighted by atomic mass is 10.1. The highest BCUT2D eigenvalue weighted by atomic mass is 16.6. The summed E-state index contributed by atoms with van der Waals surface area (Å²) in [6, 6.07) is 6.67. The molecule has 70 valence electrons. The molecule has 0 aliphatic heterocycles. The molecule has 0 bridgehead atoms. The lowest BCUT2D eigenvalue weighted by Crippen LogP contribution is -1.91. The summed E-state index contributed by atoms with van der Waals surface area (Å²) >= 11 is 0. The molecule has 0 aromatic heterocycles. The van der Waals surface area contributed by atoms with Gasteiger partial charge in [0, 0.05) is 12.1 Å². The molecular weight excluding hydrogens is 180 g/mol. The lowest BCUT2D eigenvalue weighted by molar-refractivity contribution is -0.385. The van der Waals surface area contributed by atoms with Crippen molar-refractivity contribution in [3.8, 4) is 6.07 Å². The number of nitro groups is 1. The number of nitriles is 1. The van der Waals surface area contributed by atoms with E-state index in [1.54, 1.807) is 25.1 Å². The summed E-state index contributed by atoms with van der Waals surface area (Å²) in [7, 11) is 0. The highest BCUT2D eigenvalue weighted by molar-refractivity contribution is 5.62. The van der Waals surface area contributed by atoms with Crippen LogP contribution < -0.4 is 0 Å². The standard InChI is InChI=1S/C10H8N2O2/c1-8-4-5-9(3-2-6-11)10(7-8)12(13)14/h2-5,7H,1H3/b3-2-. The van der Waals surface area contributed by atoms with Crippen LogP contribution in [0.25, 0.3) is 6.08 Å². The minimum Gasteiger partial charge on any atom is -0.258 e. The topological polar surface area (TPSA) is 66.9 Å². The summed E-state index contributed by atoms with van der Waals surface area (Å²) in [5.74, 6) is 0. The Morgan fingerprint density at radius 2 is 2.29 bits per heavy atom. The Kier molecular flexibility index (Phi) is 2.97. The van der Waals surface area contributed by atoms with Gasteiger partial charge in [-0.2, -0.15) is 5.26 Å². The smallest absolute Gasteiger partial charge is 0.258 e. The van der Waals surface area contributed by atoms with Gasteiger partial charge in [0.25, 0.3) is 5.69 Å². The zero-order valence-electron chi connectivity index (χ0n) is 7.60. The van der Waals surface area contributed by atoms with Crippen LogP contribution >= 0.6 is 0 Å². The summed E-state index contributed by atoms with van der Waals surface area (Å²) in [5.41, 5.74) is 1.30. The van der Waals surface area contributed by atoms with E-state index in [2.05, 4.69) is 0 Å². The first-order valence-electron chi connectivity index (χ1n) is 3.96. The fraction of sp³-hybridized carbons (Fsp3) is 0.100. The van der Waals surface area contributed by atoms with Crippen LogP contribution in [-0.2, 0) is 0 Å². The lowest BCUT2D eigenvalue weighted by Gasteiger charge is -1.97. The molecule has 0 spiro atoms. The van der Waals surface area contributed by atoms with Crippen LogP contribution in [0.15, 0.2) is 24.3 Å². The van der Waals surface area contributed by atoms with Crippen molar-refractivity contribution in [3.05, 3.63) is 45.5 Å². The van der Waals surface area contributed by atoms with Crippen LogP contribution in [0.5, 0.6) is 0 Å². The highest BCUT2D eigenvalue weighted by Crippen LogP contribution is 2.21. The maximum absolute atomic E-state index is 10.6. The predicted octanol–water partition coefficient (Wildman–Crippen LogP) is 2.44. The number of hydrogen-bond acceptors (Lipinski definition) is 3. The predicted molar refractivity (Wildman–Crippen MR) is 52.5 cm³/mol. The maximum atomic E-state index is 10.6. The van der Waals surface area contributed by atoms with Crippen LogP contribution in [-0.4, -0.2) is 4.92 Å². The van der Waals surface area contributed by atoms with E-state index in [0.717, 1.165) is 5.56 Å². The first kappa shape index (κ1) is 9.93. The molecule has 0 saturated heterocycles. The van der Waals surface area contributed by atoms with Crippen molar-refractivity contribution in [2.75, 3.05) is 0 Å². The molecule has 0 atom stereocenters.